The lowest BCUT2D eigenvalue weighted by Crippen LogP contribution is -2.33. The summed E-state index contributed by atoms with van der Waals surface area (Å²) < 4.78 is 0. The summed E-state index contributed by atoms with van der Waals surface area (Å²) in [6.45, 7) is 4.74. The molecule has 0 bridgehead atoms. The minimum atomic E-state index is 0.774. The van der Waals surface area contributed by atoms with Crippen LogP contribution in [0.1, 0.15) is 55.6 Å². The van der Waals surface area contributed by atoms with Gasteiger partial charge in [-0.3, -0.25) is 0 Å². The van der Waals surface area contributed by atoms with E-state index in [1.807, 2.05) is 0 Å². The third-order valence-corrected chi connectivity index (χ3v) is 4.70. The summed E-state index contributed by atoms with van der Waals surface area (Å²) >= 11 is 0. The van der Waals surface area contributed by atoms with Crippen LogP contribution in [0.5, 0.6) is 0 Å². The van der Waals surface area contributed by atoms with E-state index in [2.05, 4.69) is 36.5 Å². The molecule has 1 nitrogen and oxygen atoms in total. The average molecular weight is 229 g/mol. The van der Waals surface area contributed by atoms with E-state index in [9.17, 15) is 0 Å². The Morgan fingerprint density at radius 2 is 1.94 bits per heavy atom. The van der Waals surface area contributed by atoms with E-state index in [1.54, 1.807) is 11.1 Å². The second kappa shape index (κ2) is 4.81. The molecule has 1 N–H and O–H groups in total. The molecule has 1 aromatic rings. The number of benzene rings is 1. The minimum Gasteiger partial charge on any atom is -0.316 e. The van der Waals surface area contributed by atoms with Crippen molar-refractivity contribution in [2.24, 2.45) is 5.92 Å². The molecule has 0 aromatic heterocycles. The molecule has 17 heavy (non-hydrogen) atoms. The molecule has 1 aliphatic carbocycles. The molecule has 2 fully saturated rings. The van der Waals surface area contributed by atoms with Gasteiger partial charge in [0.15, 0.2) is 0 Å². The van der Waals surface area contributed by atoms with E-state index in [-0.39, 0.29) is 0 Å². The van der Waals surface area contributed by atoms with Crippen molar-refractivity contribution in [3.63, 3.8) is 0 Å². The molecule has 1 heterocycles. The lowest BCUT2D eigenvalue weighted by Gasteiger charge is -2.31. The lowest BCUT2D eigenvalue weighted by molar-refractivity contribution is 0.348. The van der Waals surface area contributed by atoms with Gasteiger partial charge in [0.2, 0.25) is 0 Å². The van der Waals surface area contributed by atoms with Gasteiger partial charge in [-0.2, -0.15) is 0 Å². The molecular weight excluding hydrogens is 206 g/mol. The first-order valence-electron chi connectivity index (χ1n) is 7.15. The number of rotatable bonds is 2. The van der Waals surface area contributed by atoms with Crippen molar-refractivity contribution in [1.82, 2.24) is 5.32 Å². The fourth-order valence-electron chi connectivity index (χ4n) is 3.29. The summed E-state index contributed by atoms with van der Waals surface area (Å²) in [5.74, 6) is 2.42. The standard InChI is InChI=1S/C16H23N/c1-12-11-17-9-8-16(12)15-7-3-6-14(10-15)13-4-2-5-13/h3,6-7,10,12-13,16-17H,2,4-5,8-9,11H2,1H3. The summed E-state index contributed by atoms with van der Waals surface area (Å²) in [5, 5.41) is 3.49. The molecular formula is C16H23N. The Morgan fingerprint density at radius 1 is 1.12 bits per heavy atom. The predicted octanol–water partition coefficient (Wildman–Crippen LogP) is 3.67. The SMILES string of the molecule is CC1CNCCC1c1cccc(C2CCC2)c1. The van der Waals surface area contributed by atoms with Gasteiger partial charge in [0.25, 0.3) is 0 Å². The maximum Gasteiger partial charge on any atom is -0.00173 e. The van der Waals surface area contributed by atoms with Crippen molar-refractivity contribution in [2.75, 3.05) is 13.1 Å². The van der Waals surface area contributed by atoms with Crippen molar-refractivity contribution in [2.45, 2.75) is 44.4 Å². The van der Waals surface area contributed by atoms with Crippen molar-refractivity contribution in [3.8, 4) is 0 Å². The molecule has 92 valence electrons. The van der Waals surface area contributed by atoms with E-state index < -0.39 is 0 Å². The molecule has 1 aromatic carbocycles. The van der Waals surface area contributed by atoms with E-state index in [1.165, 1.54) is 38.8 Å². The molecule has 0 radical (unpaired) electrons. The first kappa shape index (κ1) is 11.3. The van der Waals surface area contributed by atoms with Crippen molar-refractivity contribution >= 4 is 0 Å². The molecule has 1 saturated heterocycles. The predicted molar refractivity (Wildman–Crippen MR) is 72.4 cm³/mol. The fourth-order valence-corrected chi connectivity index (χ4v) is 3.29. The highest BCUT2D eigenvalue weighted by atomic mass is 14.9. The van der Waals surface area contributed by atoms with Crippen molar-refractivity contribution < 1.29 is 0 Å². The second-order valence-corrected chi connectivity index (χ2v) is 5.87. The third-order valence-electron chi connectivity index (χ3n) is 4.70. The molecule has 1 saturated carbocycles. The summed E-state index contributed by atoms with van der Waals surface area (Å²) in [7, 11) is 0. The van der Waals surface area contributed by atoms with E-state index in [0.29, 0.717) is 0 Å². The Bertz CT molecular complexity index is 381. The number of hydrogen-bond acceptors (Lipinski definition) is 1. The van der Waals surface area contributed by atoms with E-state index in [0.717, 1.165) is 17.8 Å². The van der Waals surface area contributed by atoms with Crippen LogP contribution >= 0.6 is 0 Å². The monoisotopic (exact) mass is 229 g/mol. The topological polar surface area (TPSA) is 12.0 Å². The zero-order chi connectivity index (χ0) is 11.7. The van der Waals surface area contributed by atoms with Crippen molar-refractivity contribution in [1.29, 1.82) is 0 Å². The molecule has 2 aliphatic rings. The van der Waals surface area contributed by atoms with Crippen LogP contribution in [-0.2, 0) is 0 Å². The Hall–Kier alpha value is -0.820. The first-order chi connectivity index (χ1) is 8.34. The van der Waals surface area contributed by atoms with Crippen LogP contribution in [0.3, 0.4) is 0 Å². The molecule has 0 amide bonds. The maximum absolute atomic E-state index is 3.49. The van der Waals surface area contributed by atoms with Crippen LogP contribution in [0.25, 0.3) is 0 Å². The number of nitrogens with one attached hydrogen (secondary N) is 1. The fraction of sp³-hybridized carbons (Fsp3) is 0.625. The summed E-state index contributed by atoms with van der Waals surface area (Å²) in [6.07, 6.45) is 5.55. The number of hydrogen-bond donors (Lipinski definition) is 1. The van der Waals surface area contributed by atoms with Crippen molar-refractivity contribution in [3.05, 3.63) is 35.4 Å². The van der Waals surface area contributed by atoms with Crippen LogP contribution in [0.4, 0.5) is 0 Å². The normalized spacial score (nSPS) is 29.9. The van der Waals surface area contributed by atoms with Gasteiger partial charge in [-0.25, -0.2) is 0 Å². The zero-order valence-electron chi connectivity index (χ0n) is 10.8. The van der Waals surface area contributed by atoms with Crippen LogP contribution in [-0.4, -0.2) is 13.1 Å². The zero-order valence-corrected chi connectivity index (χ0v) is 10.8. The Kier molecular flexibility index (Phi) is 3.19. The molecule has 1 aliphatic heterocycles. The van der Waals surface area contributed by atoms with E-state index in [4.69, 9.17) is 0 Å². The Balaban J connectivity index is 1.81. The van der Waals surface area contributed by atoms with Gasteiger partial charge in [-0.1, -0.05) is 37.6 Å². The molecule has 2 atom stereocenters. The Labute approximate surface area is 105 Å². The van der Waals surface area contributed by atoms with Gasteiger partial charge in [0.05, 0.1) is 0 Å². The highest BCUT2D eigenvalue weighted by molar-refractivity contribution is 5.30. The maximum atomic E-state index is 3.49. The molecule has 1 heteroatoms. The van der Waals surface area contributed by atoms with Gasteiger partial charge in [-0.05, 0) is 61.2 Å². The van der Waals surface area contributed by atoms with Gasteiger partial charge in [0.1, 0.15) is 0 Å². The van der Waals surface area contributed by atoms with Crippen LogP contribution in [0, 0.1) is 5.92 Å². The quantitative estimate of drug-likeness (QED) is 0.816. The second-order valence-electron chi connectivity index (χ2n) is 5.87. The van der Waals surface area contributed by atoms with Crippen LogP contribution in [0.2, 0.25) is 0 Å². The summed E-state index contributed by atoms with van der Waals surface area (Å²) in [5.41, 5.74) is 3.18. The smallest absolute Gasteiger partial charge is 0.00173 e. The molecule has 2 unspecified atom stereocenters. The average Bonchev–Trinajstić information content (AvgIpc) is 2.28. The molecule has 3 rings (SSSR count). The Morgan fingerprint density at radius 3 is 2.65 bits per heavy atom. The highest BCUT2D eigenvalue weighted by Gasteiger charge is 2.24. The van der Waals surface area contributed by atoms with Gasteiger partial charge in [-0.15, -0.1) is 0 Å². The van der Waals surface area contributed by atoms with Gasteiger partial charge < -0.3 is 5.32 Å². The highest BCUT2D eigenvalue weighted by Crippen LogP contribution is 2.38. The largest absolute Gasteiger partial charge is 0.316 e. The minimum absolute atomic E-state index is 0.774. The summed E-state index contributed by atoms with van der Waals surface area (Å²) in [4.78, 5) is 0. The van der Waals surface area contributed by atoms with Crippen LogP contribution in [0.15, 0.2) is 24.3 Å². The van der Waals surface area contributed by atoms with Crippen LogP contribution < -0.4 is 5.32 Å². The van der Waals surface area contributed by atoms with E-state index >= 15 is 0 Å². The van der Waals surface area contributed by atoms with Gasteiger partial charge >= 0.3 is 0 Å². The third kappa shape index (κ3) is 2.26. The lowest BCUT2D eigenvalue weighted by atomic mass is 9.77. The number of piperidine rings is 1. The molecule has 0 spiro atoms. The van der Waals surface area contributed by atoms with Gasteiger partial charge in [0, 0.05) is 0 Å². The summed E-state index contributed by atoms with van der Waals surface area (Å²) in [6, 6.07) is 9.45. The first-order valence-corrected chi connectivity index (χ1v) is 7.15.